The van der Waals surface area contributed by atoms with E-state index in [1.54, 1.807) is 17.0 Å². The molecule has 2 aliphatic rings. The minimum absolute atomic E-state index is 0.0678. The highest BCUT2D eigenvalue weighted by molar-refractivity contribution is 5.96. The van der Waals surface area contributed by atoms with Gasteiger partial charge >= 0.3 is 5.97 Å². The minimum atomic E-state index is -0.355. The smallest absolute Gasteiger partial charge is 0.331 e. The van der Waals surface area contributed by atoms with E-state index in [1.807, 2.05) is 36.4 Å². The van der Waals surface area contributed by atoms with Crippen LogP contribution in [0.15, 0.2) is 48.5 Å². The van der Waals surface area contributed by atoms with Gasteiger partial charge in [0.25, 0.3) is 0 Å². The molecule has 1 amide bonds. The van der Waals surface area contributed by atoms with Crippen molar-refractivity contribution in [2.24, 2.45) is 0 Å². The maximum absolute atomic E-state index is 12.4. The summed E-state index contributed by atoms with van der Waals surface area (Å²) in [5.41, 5.74) is 2.70. The molecule has 0 saturated carbocycles. The van der Waals surface area contributed by atoms with Crippen LogP contribution in [0.1, 0.15) is 12.8 Å². The zero-order valence-corrected chi connectivity index (χ0v) is 14.5. The van der Waals surface area contributed by atoms with Gasteiger partial charge in [0.15, 0.2) is 5.75 Å². The Morgan fingerprint density at radius 3 is 2.54 bits per heavy atom. The van der Waals surface area contributed by atoms with Crippen LogP contribution in [-0.4, -0.2) is 38.1 Å². The normalized spacial score (nSPS) is 16.2. The van der Waals surface area contributed by atoms with Gasteiger partial charge in [-0.1, -0.05) is 12.1 Å². The van der Waals surface area contributed by atoms with E-state index in [4.69, 9.17) is 4.74 Å². The number of anilines is 3. The molecule has 2 aromatic carbocycles. The molecular weight excluding hydrogens is 330 g/mol. The summed E-state index contributed by atoms with van der Waals surface area (Å²) >= 11 is 0. The van der Waals surface area contributed by atoms with Gasteiger partial charge in [-0.2, -0.15) is 0 Å². The van der Waals surface area contributed by atoms with Gasteiger partial charge in [-0.05, 0) is 49.2 Å². The lowest BCUT2D eigenvalue weighted by Gasteiger charge is -2.29. The van der Waals surface area contributed by atoms with Crippen molar-refractivity contribution in [1.29, 1.82) is 0 Å². The summed E-state index contributed by atoms with van der Waals surface area (Å²) in [5.74, 6) is -0.0265. The number of nitrogens with one attached hydrogen (secondary N) is 1. The topological polar surface area (TPSA) is 61.9 Å². The average molecular weight is 351 g/mol. The third kappa shape index (κ3) is 3.49. The first kappa shape index (κ1) is 16.4. The van der Waals surface area contributed by atoms with Gasteiger partial charge in [-0.15, -0.1) is 0 Å². The molecule has 4 rings (SSSR count). The quantitative estimate of drug-likeness (QED) is 0.678. The SMILES string of the molecule is O=C(CN1CC(=O)Oc2ccccc21)Nc1ccc(N2CCCC2)cc1. The molecule has 0 unspecified atom stereocenters. The van der Waals surface area contributed by atoms with Crippen LogP contribution in [0.2, 0.25) is 0 Å². The van der Waals surface area contributed by atoms with E-state index < -0.39 is 0 Å². The monoisotopic (exact) mass is 351 g/mol. The number of hydrogen-bond acceptors (Lipinski definition) is 5. The molecule has 2 aromatic rings. The second kappa shape index (κ2) is 7.07. The van der Waals surface area contributed by atoms with Crippen molar-refractivity contribution in [3.05, 3.63) is 48.5 Å². The highest BCUT2D eigenvalue weighted by Crippen LogP contribution is 2.31. The molecule has 1 fully saturated rings. The molecule has 2 heterocycles. The number of ether oxygens (including phenoxy) is 1. The number of fused-ring (bicyclic) bond motifs is 1. The van der Waals surface area contributed by atoms with E-state index in [-0.39, 0.29) is 25.0 Å². The predicted molar refractivity (Wildman–Crippen MR) is 101 cm³/mol. The second-order valence-corrected chi connectivity index (χ2v) is 6.59. The molecular formula is C20H21N3O3. The molecule has 26 heavy (non-hydrogen) atoms. The molecule has 134 valence electrons. The fourth-order valence-electron chi connectivity index (χ4n) is 3.45. The molecule has 0 aliphatic carbocycles. The van der Waals surface area contributed by atoms with Crippen molar-refractivity contribution in [3.8, 4) is 5.75 Å². The van der Waals surface area contributed by atoms with E-state index in [1.165, 1.54) is 18.5 Å². The number of benzene rings is 2. The van der Waals surface area contributed by atoms with E-state index in [0.29, 0.717) is 5.75 Å². The summed E-state index contributed by atoms with van der Waals surface area (Å²) in [6.45, 7) is 2.35. The zero-order chi connectivity index (χ0) is 17.9. The molecule has 1 saturated heterocycles. The molecule has 0 bridgehead atoms. The largest absolute Gasteiger partial charge is 0.423 e. The van der Waals surface area contributed by atoms with E-state index in [9.17, 15) is 9.59 Å². The van der Waals surface area contributed by atoms with E-state index >= 15 is 0 Å². The number of para-hydroxylation sites is 2. The van der Waals surface area contributed by atoms with Gasteiger partial charge in [0, 0.05) is 24.5 Å². The third-order valence-corrected chi connectivity index (χ3v) is 4.71. The Hall–Kier alpha value is -3.02. The van der Waals surface area contributed by atoms with Crippen LogP contribution in [0.4, 0.5) is 17.1 Å². The molecule has 0 atom stereocenters. The molecule has 2 aliphatic heterocycles. The maximum Gasteiger partial charge on any atom is 0.331 e. The highest BCUT2D eigenvalue weighted by atomic mass is 16.5. The van der Waals surface area contributed by atoms with Crippen LogP contribution in [-0.2, 0) is 9.59 Å². The number of amides is 1. The van der Waals surface area contributed by atoms with Gasteiger partial charge in [0.1, 0.15) is 6.54 Å². The standard InChI is InChI=1S/C20H21N3O3/c24-19(13-23-14-20(25)26-18-6-2-1-5-17(18)23)21-15-7-9-16(10-8-15)22-11-3-4-12-22/h1-2,5-10H,3-4,11-14H2,(H,21,24). The Morgan fingerprint density at radius 1 is 1.04 bits per heavy atom. The van der Waals surface area contributed by atoms with Gasteiger partial charge in [0.2, 0.25) is 5.91 Å². The Bertz CT molecular complexity index is 813. The van der Waals surface area contributed by atoms with E-state index in [0.717, 1.165) is 24.5 Å². The van der Waals surface area contributed by atoms with Crippen LogP contribution in [0, 0.1) is 0 Å². The lowest BCUT2D eigenvalue weighted by molar-refractivity contribution is -0.133. The number of carbonyl (C=O) groups excluding carboxylic acids is 2. The fraction of sp³-hybridized carbons (Fsp3) is 0.300. The van der Waals surface area contributed by atoms with Gasteiger partial charge in [0.05, 0.1) is 12.2 Å². The van der Waals surface area contributed by atoms with Crippen molar-refractivity contribution in [1.82, 2.24) is 0 Å². The van der Waals surface area contributed by atoms with Crippen LogP contribution in [0.25, 0.3) is 0 Å². The average Bonchev–Trinajstić information content (AvgIpc) is 3.17. The summed E-state index contributed by atoms with van der Waals surface area (Å²) in [7, 11) is 0. The van der Waals surface area contributed by atoms with E-state index in [2.05, 4.69) is 10.2 Å². The summed E-state index contributed by atoms with van der Waals surface area (Å²) < 4.78 is 5.21. The second-order valence-electron chi connectivity index (χ2n) is 6.59. The molecule has 6 heteroatoms. The summed E-state index contributed by atoms with van der Waals surface area (Å²) in [4.78, 5) is 28.2. The maximum atomic E-state index is 12.4. The Kier molecular flexibility index (Phi) is 4.48. The van der Waals surface area contributed by atoms with Crippen molar-refractivity contribution >= 4 is 28.9 Å². The van der Waals surface area contributed by atoms with Crippen LogP contribution < -0.4 is 19.9 Å². The zero-order valence-electron chi connectivity index (χ0n) is 14.5. The Balaban J connectivity index is 1.40. The van der Waals surface area contributed by atoms with Crippen molar-refractivity contribution < 1.29 is 14.3 Å². The Labute approximate surface area is 152 Å². The molecule has 1 N–H and O–H groups in total. The van der Waals surface area contributed by atoms with Gasteiger partial charge in [-0.3, -0.25) is 4.79 Å². The van der Waals surface area contributed by atoms with Crippen LogP contribution in [0.3, 0.4) is 0 Å². The third-order valence-electron chi connectivity index (χ3n) is 4.71. The summed E-state index contributed by atoms with van der Waals surface area (Å²) in [6.07, 6.45) is 2.47. The van der Waals surface area contributed by atoms with Crippen molar-refractivity contribution in [2.45, 2.75) is 12.8 Å². The van der Waals surface area contributed by atoms with Crippen molar-refractivity contribution in [3.63, 3.8) is 0 Å². The number of hydrogen-bond donors (Lipinski definition) is 1. The number of esters is 1. The van der Waals surface area contributed by atoms with Gasteiger partial charge < -0.3 is 19.9 Å². The first-order valence-corrected chi connectivity index (χ1v) is 8.88. The first-order chi connectivity index (χ1) is 12.7. The first-order valence-electron chi connectivity index (χ1n) is 8.88. The van der Waals surface area contributed by atoms with Crippen LogP contribution >= 0.6 is 0 Å². The molecule has 6 nitrogen and oxygen atoms in total. The lowest BCUT2D eigenvalue weighted by Crippen LogP contribution is -2.41. The summed E-state index contributed by atoms with van der Waals surface area (Å²) in [5, 5.41) is 2.90. The minimum Gasteiger partial charge on any atom is -0.423 e. The predicted octanol–water partition coefficient (Wildman–Crippen LogP) is 2.65. The highest BCUT2D eigenvalue weighted by Gasteiger charge is 2.25. The molecule has 0 spiro atoms. The fourth-order valence-corrected chi connectivity index (χ4v) is 3.45. The van der Waals surface area contributed by atoms with Crippen molar-refractivity contribution in [2.75, 3.05) is 41.3 Å². The van der Waals surface area contributed by atoms with Gasteiger partial charge in [-0.25, -0.2) is 4.79 Å². The summed E-state index contributed by atoms with van der Waals surface area (Å²) in [6, 6.07) is 15.2. The lowest BCUT2D eigenvalue weighted by atomic mass is 10.2. The molecule has 0 radical (unpaired) electrons. The van der Waals surface area contributed by atoms with Crippen LogP contribution in [0.5, 0.6) is 5.75 Å². The number of carbonyl (C=O) groups is 2. The molecule has 0 aromatic heterocycles. The number of nitrogens with zero attached hydrogens (tertiary/aromatic N) is 2. The Morgan fingerprint density at radius 2 is 1.77 bits per heavy atom. The number of rotatable bonds is 4.